The molecule has 2 aromatic rings. The third kappa shape index (κ3) is 4.25. The topological polar surface area (TPSA) is 93.2 Å². The largest absolute Gasteiger partial charge is 0.475 e. The first-order chi connectivity index (χ1) is 13.9. The van der Waals surface area contributed by atoms with E-state index in [1.54, 1.807) is 49.4 Å². The Hall–Kier alpha value is -2.91. The van der Waals surface area contributed by atoms with Gasteiger partial charge in [-0.15, -0.1) is 0 Å². The highest BCUT2D eigenvalue weighted by Gasteiger charge is 2.36. The summed E-state index contributed by atoms with van der Waals surface area (Å²) in [6.45, 7) is 1.36. The van der Waals surface area contributed by atoms with Gasteiger partial charge in [0.05, 0.1) is 30.8 Å². The van der Waals surface area contributed by atoms with Crippen molar-refractivity contribution in [1.29, 1.82) is 0 Å². The van der Waals surface area contributed by atoms with Gasteiger partial charge >= 0.3 is 5.97 Å². The maximum Gasteiger partial charge on any atom is 0.348 e. The third-order valence-corrected chi connectivity index (χ3v) is 6.52. The summed E-state index contributed by atoms with van der Waals surface area (Å²) < 4.78 is 37.3. The lowest BCUT2D eigenvalue weighted by atomic mass is 10.2. The highest BCUT2D eigenvalue weighted by molar-refractivity contribution is 7.89. The summed E-state index contributed by atoms with van der Waals surface area (Å²) in [5.74, 6) is -0.714. The summed E-state index contributed by atoms with van der Waals surface area (Å²) in [7, 11) is -2.59. The van der Waals surface area contributed by atoms with Crippen LogP contribution in [0.5, 0.6) is 5.75 Å². The molecule has 3 rings (SSSR count). The summed E-state index contributed by atoms with van der Waals surface area (Å²) >= 11 is 0. The van der Waals surface area contributed by atoms with E-state index in [0.717, 1.165) is 4.31 Å². The normalized spacial score (nSPS) is 16.1. The predicted octanol–water partition coefficient (Wildman–Crippen LogP) is 1.66. The molecule has 0 radical (unpaired) electrons. The number of para-hydroxylation sites is 2. The maximum atomic E-state index is 13.1. The van der Waals surface area contributed by atoms with Gasteiger partial charge in [-0.3, -0.25) is 4.79 Å². The highest BCUT2D eigenvalue weighted by atomic mass is 32.2. The molecule has 0 aliphatic carbocycles. The van der Waals surface area contributed by atoms with Crippen LogP contribution in [-0.4, -0.2) is 57.4 Å². The number of methoxy groups -OCH3 is 1. The Balaban J connectivity index is 1.87. The second-order valence-electron chi connectivity index (χ2n) is 6.35. The molecular weight excluding hydrogens is 396 g/mol. The first-order valence-corrected chi connectivity index (χ1v) is 10.5. The van der Waals surface area contributed by atoms with Crippen molar-refractivity contribution in [1.82, 2.24) is 4.31 Å². The molecule has 0 saturated heterocycles. The standard InChI is InChI=1S/C20H22N2O6S/c1-3-21(29(25,26)15-9-5-4-6-10-15)14-19(23)22-13-18(20(24)27-2)28-17-12-8-7-11-16(17)22/h4-12,18H,3,13-14H2,1-2H3. The summed E-state index contributed by atoms with van der Waals surface area (Å²) in [6, 6.07) is 14.7. The molecule has 0 fully saturated rings. The van der Waals surface area contributed by atoms with Crippen LogP contribution in [0.1, 0.15) is 6.92 Å². The van der Waals surface area contributed by atoms with Crippen LogP contribution in [0.3, 0.4) is 0 Å². The van der Waals surface area contributed by atoms with Gasteiger partial charge in [-0.25, -0.2) is 13.2 Å². The van der Waals surface area contributed by atoms with Crippen molar-refractivity contribution >= 4 is 27.6 Å². The highest BCUT2D eigenvalue weighted by Crippen LogP contribution is 2.33. The van der Waals surface area contributed by atoms with Crippen LogP contribution in [0.15, 0.2) is 59.5 Å². The van der Waals surface area contributed by atoms with Gasteiger partial charge in [-0.05, 0) is 24.3 Å². The number of anilines is 1. The van der Waals surface area contributed by atoms with Crippen molar-refractivity contribution in [2.45, 2.75) is 17.9 Å². The van der Waals surface area contributed by atoms with Crippen LogP contribution >= 0.6 is 0 Å². The van der Waals surface area contributed by atoms with Gasteiger partial charge in [0.15, 0.2) is 0 Å². The Morgan fingerprint density at radius 2 is 1.79 bits per heavy atom. The minimum absolute atomic E-state index is 0.0640. The van der Waals surface area contributed by atoms with Crippen molar-refractivity contribution in [3.63, 3.8) is 0 Å². The fourth-order valence-electron chi connectivity index (χ4n) is 3.07. The molecule has 9 heteroatoms. The van der Waals surface area contributed by atoms with Gasteiger partial charge in [0.2, 0.25) is 22.0 Å². The third-order valence-electron chi connectivity index (χ3n) is 4.58. The Bertz CT molecular complexity index is 993. The molecule has 154 valence electrons. The SMILES string of the molecule is CCN(CC(=O)N1CC(C(=O)OC)Oc2ccccc21)S(=O)(=O)c1ccccc1. The van der Waals surface area contributed by atoms with Crippen molar-refractivity contribution in [3.05, 3.63) is 54.6 Å². The van der Waals surface area contributed by atoms with E-state index < -0.39 is 28.0 Å². The molecule has 29 heavy (non-hydrogen) atoms. The van der Waals surface area contributed by atoms with E-state index in [1.807, 2.05) is 0 Å². The number of likely N-dealkylation sites (N-methyl/N-ethyl adjacent to an activating group) is 1. The van der Waals surface area contributed by atoms with E-state index in [-0.39, 0.29) is 24.5 Å². The van der Waals surface area contributed by atoms with Gasteiger partial charge in [-0.1, -0.05) is 37.3 Å². The van der Waals surface area contributed by atoms with E-state index in [2.05, 4.69) is 0 Å². The van der Waals surface area contributed by atoms with E-state index in [4.69, 9.17) is 9.47 Å². The molecule has 1 atom stereocenters. The number of carbonyl (C=O) groups excluding carboxylic acids is 2. The summed E-state index contributed by atoms with van der Waals surface area (Å²) in [5.41, 5.74) is 0.478. The summed E-state index contributed by atoms with van der Waals surface area (Å²) in [6.07, 6.45) is -0.986. The molecule has 0 N–H and O–H groups in total. The Kier molecular flexibility index (Phi) is 6.19. The molecule has 0 spiro atoms. The quantitative estimate of drug-likeness (QED) is 0.663. The fourth-order valence-corrected chi connectivity index (χ4v) is 4.49. The van der Waals surface area contributed by atoms with Crippen LogP contribution < -0.4 is 9.64 Å². The average Bonchev–Trinajstić information content (AvgIpc) is 2.76. The van der Waals surface area contributed by atoms with E-state index >= 15 is 0 Å². The van der Waals surface area contributed by atoms with Crippen LogP contribution in [0.25, 0.3) is 0 Å². The molecule has 1 unspecified atom stereocenters. The van der Waals surface area contributed by atoms with E-state index in [0.29, 0.717) is 11.4 Å². The van der Waals surface area contributed by atoms with Crippen LogP contribution in [0.2, 0.25) is 0 Å². The van der Waals surface area contributed by atoms with Crippen molar-refractivity contribution in [2.24, 2.45) is 0 Å². The molecular formula is C20H22N2O6S. The molecule has 0 aromatic heterocycles. The fraction of sp³-hybridized carbons (Fsp3) is 0.300. The monoisotopic (exact) mass is 418 g/mol. The number of benzene rings is 2. The van der Waals surface area contributed by atoms with Crippen molar-refractivity contribution < 1.29 is 27.5 Å². The average molecular weight is 418 g/mol. The number of hydrogen-bond donors (Lipinski definition) is 0. The molecule has 0 bridgehead atoms. The number of ether oxygens (including phenoxy) is 2. The number of hydrogen-bond acceptors (Lipinski definition) is 6. The minimum atomic E-state index is -3.83. The molecule has 1 aliphatic rings. The Labute approximate surface area is 169 Å². The number of carbonyl (C=O) groups is 2. The lowest BCUT2D eigenvalue weighted by molar-refractivity contribution is -0.148. The van der Waals surface area contributed by atoms with Gasteiger partial charge in [0.25, 0.3) is 0 Å². The molecule has 0 saturated carbocycles. The number of fused-ring (bicyclic) bond motifs is 1. The first kappa shape index (κ1) is 20.8. The Morgan fingerprint density at radius 1 is 1.14 bits per heavy atom. The minimum Gasteiger partial charge on any atom is -0.475 e. The first-order valence-electron chi connectivity index (χ1n) is 9.07. The smallest absolute Gasteiger partial charge is 0.348 e. The van der Waals surface area contributed by atoms with Crippen LogP contribution in [0.4, 0.5) is 5.69 Å². The number of esters is 1. The molecule has 1 amide bonds. The van der Waals surface area contributed by atoms with Gasteiger partial charge in [0.1, 0.15) is 5.75 Å². The van der Waals surface area contributed by atoms with E-state index in [1.165, 1.54) is 24.1 Å². The van der Waals surface area contributed by atoms with Crippen molar-refractivity contribution in [2.75, 3.05) is 31.6 Å². The molecule has 1 aliphatic heterocycles. The molecule has 8 nitrogen and oxygen atoms in total. The number of rotatable bonds is 6. The molecule has 1 heterocycles. The second-order valence-corrected chi connectivity index (χ2v) is 8.28. The summed E-state index contributed by atoms with van der Waals surface area (Å²) in [4.78, 5) is 26.5. The van der Waals surface area contributed by atoms with Gasteiger partial charge in [0, 0.05) is 6.54 Å². The number of amides is 1. The number of sulfonamides is 1. The molecule has 2 aromatic carbocycles. The van der Waals surface area contributed by atoms with Crippen molar-refractivity contribution in [3.8, 4) is 5.75 Å². The second kappa shape index (κ2) is 8.62. The van der Waals surface area contributed by atoms with Crippen LogP contribution in [0, 0.1) is 0 Å². The lowest BCUT2D eigenvalue weighted by Crippen LogP contribution is -2.50. The number of nitrogens with zero attached hydrogens (tertiary/aromatic N) is 2. The van der Waals surface area contributed by atoms with Crippen LogP contribution in [-0.2, 0) is 24.3 Å². The zero-order valence-corrected chi connectivity index (χ0v) is 17.0. The zero-order chi connectivity index (χ0) is 21.0. The summed E-state index contributed by atoms with van der Waals surface area (Å²) in [5, 5.41) is 0. The van der Waals surface area contributed by atoms with Gasteiger partial charge in [-0.2, -0.15) is 4.31 Å². The lowest BCUT2D eigenvalue weighted by Gasteiger charge is -2.34. The Morgan fingerprint density at radius 3 is 2.45 bits per heavy atom. The maximum absolute atomic E-state index is 13.1. The predicted molar refractivity (Wildman–Crippen MR) is 106 cm³/mol. The van der Waals surface area contributed by atoms with Gasteiger partial charge < -0.3 is 14.4 Å². The zero-order valence-electron chi connectivity index (χ0n) is 16.1. The van der Waals surface area contributed by atoms with E-state index in [9.17, 15) is 18.0 Å².